The molecule has 0 spiro atoms. The minimum absolute atomic E-state index is 0.114. The number of anilines is 1. The molecule has 1 aliphatic heterocycles. The van der Waals surface area contributed by atoms with Crippen LogP contribution in [0.1, 0.15) is 5.56 Å². The number of halogens is 1. The first-order chi connectivity index (χ1) is 10.6. The number of benzene rings is 2. The minimum atomic E-state index is -0.687. The summed E-state index contributed by atoms with van der Waals surface area (Å²) in [5.74, 6) is -0.663. The Hall–Kier alpha value is -2.66. The van der Waals surface area contributed by atoms with Gasteiger partial charge in [-0.3, -0.25) is 9.59 Å². The average molecular weight is 315 g/mol. The van der Waals surface area contributed by atoms with Crippen LogP contribution in [0.4, 0.5) is 5.69 Å². The third-order valence-electron chi connectivity index (χ3n) is 3.24. The molecule has 0 saturated carbocycles. The van der Waals surface area contributed by atoms with Gasteiger partial charge in [-0.15, -0.1) is 0 Å². The van der Waals surface area contributed by atoms with Gasteiger partial charge in [-0.05, 0) is 48.5 Å². The quantitative estimate of drug-likeness (QED) is 0.818. The zero-order chi connectivity index (χ0) is 15.7. The van der Waals surface area contributed by atoms with Gasteiger partial charge in [0.1, 0.15) is 11.5 Å². The molecular formula is C16H11ClN2O3. The first kappa shape index (κ1) is 14.3. The van der Waals surface area contributed by atoms with E-state index in [2.05, 4.69) is 5.10 Å². The molecule has 0 saturated heterocycles. The molecule has 0 aliphatic carbocycles. The molecule has 5 nitrogen and oxygen atoms in total. The van der Waals surface area contributed by atoms with Gasteiger partial charge in [0.15, 0.2) is 0 Å². The summed E-state index contributed by atoms with van der Waals surface area (Å²) >= 11 is 5.82. The predicted molar refractivity (Wildman–Crippen MR) is 83.5 cm³/mol. The lowest BCUT2D eigenvalue weighted by Crippen LogP contribution is -2.27. The maximum absolute atomic E-state index is 12.1. The minimum Gasteiger partial charge on any atom is -0.497 e. The molecule has 1 amide bonds. The summed E-state index contributed by atoms with van der Waals surface area (Å²) in [6.07, 6.45) is 0. The van der Waals surface area contributed by atoms with E-state index in [1.165, 1.54) is 0 Å². The van der Waals surface area contributed by atoms with Crippen LogP contribution in [0.3, 0.4) is 0 Å². The Morgan fingerprint density at radius 3 is 2.23 bits per heavy atom. The molecule has 1 aliphatic rings. The van der Waals surface area contributed by atoms with Gasteiger partial charge < -0.3 is 4.74 Å². The highest BCUT2D eigenvalue weighted by Gasteiger charge is 2.35. The molecule has 0 fully saturated rings. The Kier molecular flexibility index (Phi) is 3.65. The topological polar surface area (TPSA) is 59.0 Å². The molecule has 22 heavy (non-hydrogen) atoms. The Bertz CT molecular complexity index is 767. The van der Waals surface area contributed by atoms with E-state index in [1.807, 2.05) is 0 Å². The average Bonchev–Trinajstić information content (AvgIpc) is 2.84. The second-order valence-electron chi connectivity index (χ2n) is 4.60. The molecule has 2 aromatic rings. The van der Waals surface area contributed by atoms with Gasteiger partial charge >= 0.3 is 5.91 Å². The fraction of sp³-hybridized carbons (Fsp3) is 0.0625. The normalized spacial score (nSPS) is 14.3. The lowest BCUT2D eigenvalue weighted by Gasteiger charge is -2.09. The second kappa shape index (κ2) is 5.61. The van der Waals surface area contributed by atoms with Crippen LogP contribution in [0.15, 0.2) is 53.6 Å². The van der Waals surface area contributed by atoms with Crippen LogP contribution in [-0.4, -0.2) is 24.5 Å². The summed E-state index contributed by atoms with van der Waals surface area (Å²) in [6, 6.07) is 13.3. The van der Waals surface area contributed by atoms with Crippen LogP contribution in [0.2, 0.25) is 5.02 Å². The van der Waals surface area contributed by atoms with E-state index in [4.69, 9.17) is 16.3 Å². The van der Waals surface area contributed by atoms with Crippen molar-refractivity contribution in [1.82, 2.24) is 0 Å². The van der Waals surface area contributed by atoms with E-state index in [9.17, 15) is 9.59 Å². The standard InChI is InChI=1S/C16H11ClN2O3/c1-22-13-8-2-10(3-9-13)14-15(20)16(21)19(18-14)12-6-4-11(17)5-7-12/h2-9H,1H3. The number of carbonyl (C=O) groups excluding carboxylic acids is 2. The Labute approximate surface area is 131 Å². The first-order valence-electron chi connectivity index (χ1n) is 6.47. The fourth-order valence-electron chi connectivity index (χ4n) is 2.08. The number of ether oxygens (including phenoxy) is 1. The van der Waals surface area contributed by atoms with Crippen LogP contribution < -0.4 is 9.75 Å². The lowest BCUT2D eigenvalue weighted by molar-refractivity contribution is -0.131. The number of Topliss-reactive ketones (excluding diaryl/α,β-unsaturated/α-hetero) is 1. The van der Waals surface area contributed by atoms with Gasteiger partial charge in [-0.25, -0.2) is 0 Å². The van der Waals surface area contributed by atoms with Crippen molar-refractivity contribution in [1.29, 1.82) is 0 Å². The largest absolute Gasteiger partial charge is 0.497 e. The van der Waals surface area contributed by atoms with Gasteiger partial charge in [0, 0.05) is 10.6 Å². The molecule has 1 heterocycles. The number of carbonyl (C=O) groups is 2. The Morgan fingerprint density at radius 2 is 1.64 bits per heavy atom. The highest BCUT2D eigenvalue weighted by Crippen LogP contribution is 2.23. The number of nitrogens with zero attached hydrogens (tertiary/aromatic N) is 2. The van der Waals surface area contributed by atoms with Crippen molar-refractivity contribution < 1.29 is 14.3 Å². The predicted octanol–water partition coefficient (Wildman–Crippen LogP) is 2.67. The molecule has 0 bridgehead atoms. The molecule has 0 N–H and O–H groups in total. The highest BCUT2D eigenvalue weighted by atomic mass is 35.5. The number of amides is 1. The van der Waals surface area contributed by atoms with Crippen LogP contribution in [0, 0.1) is 0 Å². The van der Waals surface area contributed by atoms with Crippen molar-refractivity contribution in [2.75, 3.05) is 12.1 Å². The molecule has 6 heteroatoms. The van der Waals surface area contributed by atoms with Gasteiger partial charge in [-0.2, -0.15) is 10.1 Å². The summed E-state index contributed by atoms with van der Waals surface area (Å²) in [5, 5.41) is 5.77. The summed E-state index contributed by atoms with van der Waals surface area (Å²) in [4.78, 5) is 24.2. The maximum Gasteiger partial charge on any atom is 0.321 e. The maximum atomic E-state index is 12.1. The van der Waals surface area contributed by atoms with E-state index >= 15 is 0 Å². The number of ketones is 1. The van der Waals surface area contributed by atoms with Crippen molar-refractivity contribution in [3.63, 3.8) is 0 Å². The lowest BCUT2D eigenvalue weighted by atomic mass is 10.1. The van der Waals surface area contributed by atoms with Crippen LogP contribution >= 0.6 is 11.6 Å². The van der Waals surface area contributed by atoms with Crippen molar-refractivity contribution in [2.45, 2.75) is 0 Å². The summed E-state index contributed by atoms with van der Waals surface area (Å²) in [6.45, 7) is 0. The number of hydrogen-bond acceptors (Lipinski definition) is 4. The molecule has 3 rings (SSSR count). The molecule has 0 unspecified atom stereocenters. The van der Waals surface area contributed by atoms with Crippen LogP contribution in [-0.2, 0) is 9.59 Å². The zero-order valence-electron chi connectivity index (χ0n) is 11.6. The van der Waals surface area contributed by atoms with Crippen molar-refractivity contribution >= 4 is 34.7 Å². The first-order valence-corrected chi connectivity index (χ1v) is 6.85. The molecule has 0 radical (unpaired) electrons. The summed E-state index contributed by atoms with van der Waals surface area (Å²) < 4.78 is 5.07. The van der Waals surface area contributed by atoms with Crippen molar-refractivity contribution in [2.24, 2.45) is 5.10 Å². The van der Waals surface area contributed by atoms with Gasteiger partial charge in [0.05, 0.1) is 12.8 Å². The van der Waals surface area contributed by atoms with Crippen LogP contribution in [0.5, 0.6) is 5.75 Å². The molecule has 0 aromatic heterocycles. The monoisotopic (exact) mass is 314 g/mol. The Morgan fingerprint density at radius 1 is 1.00 bits per heavy atom. The highest BCUT2D eigenvalue weighted by molar-refractivity contribution is 6.72. The number of hydrazone groups is 1. The van der Waals surface area contributed by atoms with E-state index in [0.717, 1.165) is 5.01 Å². The molecular weight excluding hydrogens is 304 g/mol. The number of rotatable bonds is 3. The smallest absolute Gasteiger partial charge is 0.321 e. The third-order valence-corrected chi connectivity index (χ3v) is 3.49. The molecule has 2 aromatic carbocycles. The van der Waals surface area contributed by atoms with E-state index in [-0.39, 0.29) is 5.71 Å². The Balaban J connectivity index is 1.97. The SMILES string of the molecule is COc1ccc(C2=NN(c3ccc(Cl)cc3)C(=O)C2=O)cc1. The van der Waals surface area contributed by atoms with E-state index in [1.54, 1.807) is 55.6 Å². The summed E-state index contributed by atoms with van der Waals surface area (Å²) in [5.41, 5.74) is 1.17. The van der Waals surface area contributed by atoms with Gasteiger partial charge in [-0.1, -0.05) is 11.6 Å². The van der Waals surface area contributed by atoms with Crippen molar-refractivity contribution in [3.05, 3.63) is 59.1 Å². The van der Waals surface area contributed by atoms with Crippen molar-refractivity contribution in [3.8, 4) is 5.75 Å². The number of methoxy groups -OCH3 is 1. The number of hydrogen-bond donors (Lipinski definition) is 0. The van der Waals surface area contributed by atoms with E-state index < -0.39 is 11.7 Å². The second-order valence-corrected chi connectivity index (χ2v) is 5.04. The third kappa shape index (κ3) is 2.46. The summed E-state index contributed by atoms with van der Waals surface area (Å²) in [7, 11) is 1.55. The van der Waals surface area contributed by atoms with Gasteiger partial charge in [0.25, 0.3) is 5.78 Å². The fourth-order valence-corrected chi connectivity index (χ4v) is 2.21. The van der Waals surface area contributed by atoms with Crippen LogP contribution in [0.25, 0.3) is 0 Å². The van der Waals surface area contributed by atoms with Gasteiger partial charge in [0.2, 0.25) is 0 Å². The molecule has 0 atom stereocenters. The zero-order valence-corrected chi connectivity index (χ0v) is 12.4. The molecule has 110 valence electrons. The van der Waals surface area contributed by atoms with E-state index in [0.29, 0.717) is 22.0 Å².